The Morgan fingerprint density at radius 3 is 2.73 bits per heavy atom. The van der Waals surface area contributed by atoms with E-state index in [-0.39, 0.29) is 16.7 Å². The molecule has 1 N–H and O–H groups in total. The third-order valence-corrected chi connectivity index (χ3v) is 6.40. The molecule has 3 heterocycles. The number of rotatable bonds is 4. The van der Waals surface area contributed by atoms with Crippen LogP contribution in [0.5, 0.6) is 0 Å². The van der Waals surface area contributed by atoms with Crippen LogP contribution in [-0.2, 0) is 4.79 Å². The molecule has 0 unspecified atom stereocenters. The molecule has 3 aromatic rings. The molecule has 7 heteroatoms. The molecule has 5 nitrogen and oxygen atoms in total. The lowest BCUT2D eigenvalue weighted by atomic mass is 10.1. The van der Waals surface area contributed by atoms with Gasteiger partial charge < -0.3 is 9.88 Å². The van der Waals surface area contributed by atoms with Gasteiger partial charge in [-0.1, -0.05) is 42.1 Å². The Morgan fingerprint density at radius 2 is 2.00 bits per heavy atom. The maximum Gasteiger partial charge on any atom is 0.260 e. The minimum Gasteiger partial charge on any atom is -0.342 e. The van der Waals surface area contributed by atoms with E-state index in [1.165, 1.54) is 23.1 Å². The highest BCUT2D eigenvalue weighted by atomic mass is 32.2. The first-order chi connectivity index (χ1) is 12.6. The predicted molar refractivity (Wildman–Crippen MR) is 107 cm³/mol. The number of thioether (sulfide) groups is 1. The van der Waals surface area contributed by atoms with Gasteiger partial charge in [0.15, 0.2) is 5.16 Å². The lowest BCUT2D eigenvalue weighted by Gasteiger charge is -2.19. The van der Waals surface area contributed by atoms with Crippen LogP contribution in [0.15, 0.2) is 45.7 Å². The zero-order chi connectivity index (χ0) is 18.1. The minimum atomic E-state index is -0.262. The van der Waals surface area contributed by atoms with Gasteiger partial charge in [0.1, 0.15) is 4.83 Å². The third-order valence-electron chi connectivity index (χ3n) is 4.56. The van der Waals surface area contributed by atoms with Gasteiger partial charge in [0.2, 0.25) is 5.91 Å². The van der Waals surface area contributed by atoms with E-state index in [4.69, 9.17) is 0 Å². The minimum absolute atomic E-state index is 0.117. The van der Waals surface area contributed by atoms with E-state index in [2.05, 4.69) is 9.97 Å². The summed E-state index contributed by atoms with van der Waals surface area (Å²) in [5.74, 6) is 0.117. The second kappa shape index (κ2) is 7.25. The summed E-state index contributed by atoms with van der Waals surface area (Å²) < 4.78 is 0. The second-order valence-corrected chi connectivity index (χ2v) is 8.55. The molecule has 1 amide bonds. The molecule has 134 valence electrons. The molecule has 1 aliphatic heterocycles. The molecule has 2 aromatic heterocycles. The number of fused-ring (bicyclic) bond motifs is 1. The van der Waals surface area contributed by atoms with Crippen LogP contribution in [0.25, 0.3) is 21.3 Å². The molecule has 1 fully saturated rings. The van der Waals surface area contributed by atoms with E-state index in [9.17, 15) is 9.59 Å². The molecule has 26 heavy (non-hydrogen) atoms. The monoisotopic (exact) mass is 385 g/mol. The molecule has 4 rings (SSSR count). The van der Waals surface area contributed by atoms with Crippen molar-refractivity contribution >= 4 is 39.2 Å². The summed E-state index contributed by atoms with van der Waals surface area (Å²) in [5, 5.41) is 2.82. The topological polar surface area (TPSA) is 66.1 Å². The van der Waals surface area contributed by atoms with Crippen molar-refractivity contribution in [2.24, 2.45) is 0 Å². The number of hydrogen-bond acceptors (Lipinski definition) is 5. The zero-order valence-corrected chi connectivity index (χ0v) is 16.0. The van der Waals surface area contributed by atoms with Crippen LogP contribution in [0.1, 0.15) is 19.8 Å². The van der Waals surface area contributed by atoms with Crippen LogP contribution in [0, 0.1) is 0 Å². The maximum absolute atomic E-state index is 12.7. The number of carbonyl (C=O) groups excluding carboxylic acids is 1. The summed E-state index contributed by atoms with van der Waals surface area (Å²) in [5.41, 5.74) is 1.75. The van der Waals surface area contributed by atoms with Crippen molar-refractivity contribution in [3.8, 4) is 11.1 Å². The number of carbonyl (C=O) groups is 1. The van der Waals surface area contributed by atoms with Gasteiger partial charge in [-0.25, -0.2) is 4.98 Å². The number of aromatic amines is 1. The van der Waals surface area contributed by atoms with Gasteiger partial charge in [-0.3, -0.25) is 9.59 Å². The van der Waals surface area contributed by atoms with E-state index >= 15 is 0 Å². The maximum atomic E-state index is 12.7. The van der Waals surface area contributed by atoms with Crippen molar-refractivity contribution in [1.82, 2.24) is 14.9 Å². The first-order valence-corrected chi connectivity index (χ1v) is 10.4. The summed E-state index contributed by atoms with van der Waals surface area (Å²) in [6.07, 6.45) is 2.14. The van der Waals surface area contributed by atoms with Crippen LogP contribution < -0.4 is 5.56 Å². The summed E-state index contributed by atoms with van der Waals surface area (Å²) in [6, 6.07) is 9.83. The first kappa shape index (κ1) is 17.3. The highest BCUT2D eigenvalue weighted by Gasteiger charge is 2.25. The van der Waals surface area contributed by atoms with Crippen molar-refractivity contribution in [3.63, 3.8) is 0 Å². The predicted octanol–water partition coefficient (Wildman–Crippen LogP) is 3.75. The Labute approximate surface area is 159 Å². The fourth-order valence-corrected chi connectivity index (χ4v) is 5.11. The number of amides is 1. The summed E-state index contributed by atoms with van der Waals surface area (Å²) in [6.45, 7) is 3.54. The largest absolute Gasteiger partial charge is 0.342 e. The van der Waals surface area contributed by atoms with E-state index in [0.717, 1.165) is 37.1 Å². The lowest BCUT2D eigenvalue weighted by molar-refractivity contribution is -0.129. The molecule has 0 aliphatic carbocycles. The van der Waals surface area contributed by atoms with E-state index in [0.29, 0.717) is 15.4 Å². The van der Waals surface area contributed by atoms with Gasteiger partial charge in [0.05, 0.1) is 10.6 Å². The van der Waals surface area contributed by atoms with Crippen molar-refractivity contribution in [3.05, 3.63) is 46.1 Å². The lowest BCUT2D eigenvalue weighted by Crippen LogP contribution is -2.34. The molecule has 0 saturated carbocycles. The van der Waals surface area contributed by atoms with Crippen LogP contribution >= 0.6 is 23.1 Å². The molecule has 0 radical (unpaired) electrons. The molecule has 1 aromatic carbocycles. The summed E-state index contributed by atoms with van der Waals surface area (Å²) >= 11 is 2.78. The van der Waals surface area contributed by atoms with Gasteiger partial charge >= 0.3 is 0 Å². The Balaban J connectivity index is 1.62. The standard InChI is InChI=1S/C19H19N3O2S2/c1-12(18(24)22-9-5-6-10-22)26-19-20-16(23)15-14(11-25-17(15)21-19)13-7-3-2-4-8-13/h2-4,7-8,11-12H,5-6,9-10H2,1H3,(H,20,21,23)/t12-/m1/s1. The quantitative estimate of drug-likeness (QED) is 0.549. The average Bonchev–Trinajstić information content (AvgIpc) is 3.32. The number of likely N-dealkylation sites (tertiary alicyclic amines) is 1. The van der Waals surface area contributed by atoms with Gasteiger partial charge in [-0.15, -0.1) is 11.3 Å². The molecular formula is C19H19N3O2S2. The van der Waals surface area contributed by atoms with Crippen molar-refractivity contribution in [2.75, 3.05) is 13.1 Å². The second-order valence-electron chi connectivity index (χ2n) is 6.36. The van der Waals surface area contributed by atoms with Crippen LogP contribution in [0.2, 0.25) is 0 Å². The SMILES string of the molecule is C[C@@H](Sc1nc2scc(-c3ccccc3)c2c(=O)[nH]1)C(=O)N1CCCC1. The Hall–Kier alpha value is -2.12. The molecule has 0 spiro atoms. The smallest absolute Gasteiger partial charge is 0.260 e. The highest BCUT2D eigenvalue weighted by molar-refractivity contribution is 8.00. The van der Waals surface area contributed by atoms with Crippen LogP contribution in [-0.4, -0.2) is 39.1 Å². The average molecular weight is 386 g/mol. The van der Waals surface area contributed by atoms with Crippen molar-refractivity contribution in [2.45, 2.75) is 30.2 Å². The number of benzene rings is 1. The molecular weight excluding hydrogens is 366 g/mol. The third kappa shape index (κ3) is 3.29. The summed E-state index contributed by atoms with van der Waals surface area (Å²) in [4.78, 5) is 35.2. The highest BCUT2D eigenvalue weighted by Crippen LogP contribution is 2.32. The van der Waals surface area contributed by atoms with Gasteiger partial charge in [0, 0.05) is 24.0 Å². The van der Waals surface area contributed by atoms with E-state index in [1.807, 2.05) is 47.5 Å². The van der Waals surface area contributed by atoms with Gasteiger partial charge in [-0.2, -0.15) is 0 Å². The summed E-state index contributed by atoms with van der Waals surface area (Å²) in [7, 11) is 0. The molecule has 0 bridgehead atoms. The van der Waals surface area contributed by atoms with Crippen LogP contribution in [0.3, 0.4) is 0 Å². The van der Waals surface area contributed by atoms with Crippen molar-refractivity contribution in [1.29, 1.82) is 0 Å². The first-order valence-electron chi connectivity index (χ1n) is 8.66. The van der Waals surface area contributed by atoms with E-state index < -0.39 is 0 Å². The number of thiophene rings is 1. The number of nitrogens with one attached hydrogen (secondary N) is 1. The Bertz CT molecular complexity index is 991. The fourth-order valence-electron chi connectivity index (χ4n) is 3.23. The number of H-pyrrole nitrogens is 1. The Morgan fingerprint density at radius 1 is 1.27 bits per heavy atom. The van der Waals surface area contributed by atoms with Crippen LogP contribution in [0.4, 0.5) is 0 Å². The van der Waals surface area contributed by atoms with Gasteiger partial charge in [-0.05, 0) is 25.3 Å². The Kier molecular flexibility index (Phi) is 4.82. The van der Waals surface area contributed by atoms with Crippen molar-refractivity contribution < 1.29 is 4.79 Å². The molecule has 1 saturated heterocycles. The zero-order valence-electron chi connectivity index (χ0n) is 14.4. The molecule has 1 atom stereocenters. The number of nitrogens with zero attached hydrogens (tertiary/aromatic N) is 2. The number of hydrogen-bond donors (Lipinski definition) is 1. The van der Waals surface area contributed by atoms with E-state index in [1.54, 1.807) is 0 Å². The normalized spacial score (nSPS) is 15.5. The fraction of sp³-hybridized carbons (Fsp3) is 0.316. The van der Waals surface area contributed by atoms with Gasteiger partial charge in [0.25, 0.3) is 5.56 Å². The molecule has 1 aliphatic rings. The number of aromatic nitrogens is 2.